The van der Waals surface area contributed by atoms with Crippen molar-refractivity contribution in [1.82, 2.24) is 4.98 Å². The molecule has 1 heterocycles. The van der Waals surface area contributed by atoms with E-state index < -0.39 is 11.7 Å². The molecule has 0 atom stereocenters. The summed E-state index contributed by atoms with van der Waals surface area (Å²) < 4.78 is 38.7. The van der Waals surface area contributed by atoms with Crippen LogP contribution in [0.1, 0.15) is 11.1 Å². The monoisotopic (exact) mass is 308 g/mol. The highest BCUT2D eigenvalue weighted by atomic mass is 32.1. The number of hydrogen-bond acceptors (Lipinski definition) is 3. The van der Waals surface area contributed by atoms with Gasteiger partial charge < -0.3 is 5.32 Å². The highest BCUT2D eigenvalue weighted by Gasteiger charge is 2.30. The van der Waals surface area contributed by atoms with Gasteiger partial charge in [-0.25, -0.2) is 4.98 Å². The molecule has 0 aliphatic heterocycles. The molecule has 0 amide bonds. The second kappa shape index (κ2) is 5.37. The van der Waals surface area contributed by atoms with Crippen molar-refractivity contribution in [2.75, 3.05) is 5.32 Å². The van der Waals surface area contributed by atoms with Crippen molar-refractivity contribution in [2.45, 2.75) is 12.7 Å². The molecule has 0 aliphatic carbocycles. The number of rotatable bonds is 3. The van der Waals surface area contributed by atoms with Crippen LogP contribution in [0.15, 0.2) is 48.5 Å². The summed E-state index contributed by atoms with van der Waals surface area (Å²) in [6, 6.07) is 13.4. The van der Waals surface area contributed by atoms with E-state index >= 15 is 0 Å². The maximum absolute atomic E-state index is 12.7. The van der Waals surface area contributed by atoms with Crippen molar-refractivity contribution in [3.8, 4) is 0 Å². The molecule has 0 saturated carbocycles. The van der Waals surface area contributed by atoms with Crippen LogP contribution in [0, 0.1) is 0 Å². The topological polar surface area (TPSA) is 24.9 Å². The lowest BCUT2D eigenvalue weighted by Crippen LogP contribution is -2.04. The van der Waals surface area contributed by atoms with E-state index in [2.05, 4.69) is 10.3 Å². The van der Waals surface area contributed by atoms with Crippen LogP contribution in [-0.4, -0.2) is 4.98 Å². The Labute approximate surface area is 123 Å². The normalized spacial score (nSPS) is 11.8. The number of alkyl halides is 3. The molecular formula is C15H11F3N2S. The second-order valence-electron chi connectivity index (χ2n) is 4.54. The first kappa shape index (κ1) is 13.9. The smallest absolute Gasteiger partial charge is 0.357 e. The second-order valence-corrected chi connectivity index (χ2v) is 5.57. The van der Waals surface area contributed by atoms with Gasteiger partial charge in [-0.2, -0.15) is 13.2 Å². The molecule has 0 bridgehead atoms. The first-order valence-electron chi connectivity index (χ1n) is 6.28. The van der Waals surface area contributed by atoms with Crippen LogP contribution in [0.2, 0.25) is 0 Å². The Morgan fingerprint density at radius 1 is 1.05 bits per heavy atom. The van der Waals surface area contributed by atoms with Crippen LogP contribution in [0.5, 0.6) is 0 Å². The van der Waals surface area contributed by atoms with Crippen molar-refractivity contribution >= 4 is 26.7 Å². The van der Waals surface area contributed by atoms with Crippen LogP contribution >= 0.6 is 11.3 Å². The molecule has 3 aromatic rings. The lowest BCUT2D eigenvalue weighted by Gasteiger charge is -2.04. The van der Waals surface area contributed by atoms with E-state index in [-0.39, 0.29) is 0 Å². The first-order valence-corrected chi connectivity index (χ1v) is 7.09. The lowest BCUT2D eigenvalue weighted by molar-refractivity contribution is -0.137. The van der Waals surface area contributed by atoms with Gasteiger partial charge in [0.15, 0.2) is 5.13 Å². The van der Waals surface area contributed by atoms with E-state index in [0.29, 0.717) is 17.2 Å². The van der Waals surface area contributed by atoms with Gasteiger partial charge in [-0.3, -0.25) is 0 Å². The fourth-order valence-electron chi connectivity index (χ4n) is 1.95. The predicted octanol–water partition coefficient (Wildman–Crippen LogP) is 4.93. The number of aromatic nitrogens is 1. The van der Waals surface area contributed by atoms with E-state index in [4.69, 9.17) is 0 Å². The van der Waals surface area contributed by atoms with Crippen molar-refractivity contribution < 1.29 is 13.2 Å². The van der Waals surface area contributed by atoms with E-state index in [1.165, 1.54) is 17.4 Å². The molecule has 6 heteroatoms. The Hall–Kier alpha value is -2.08. The highest BCUT2D eigenvalue weighted by molar-refractivity contribution is 7.22. The summed E-state index contributed by atoms with van der Waals surface area (Å²) >= 11 is 1.35. The third-order valence-electron chi connectivity index (χ3n) is 3.00. The van der Waals surface area contributed by atoms with Gasteiger partial charge in [-0.05, 0) is 23.8 Å². The summed E-state index contributed by atoms with van der Waals surface area (Å²) in [5, 5.41) is 3.75. The van der Waals surface area contributed by atoms with Crippen LogP contribution in [0.3, 0.4) is 0 Å². The summed E-state index contributed by atoms with van der Waals surface area (Å²) in [6.45, 7) is 0.590. The number of anilines is 1. The van der Waals surface area contributed by atoms with Crippen molar-refractivity contribution in [3.05, 3.63) is 59.7 Å². The van der Waals surface area contributed by atoms with Crippen LogP contribution in [0.4, 0.5) is 18.3 Å². The zero-order valence-electron chi connectivity index (χ0n) is 10.8. The summed E-state index contributed by atoms with van der Waals surface area (Å²) in [5.41, 5.74) is 0.785. The largest absolute Gasteiger partial charge is 0.416 e. The number of benzene rings is 2. The number of hydrogen-bond donors (Lipinski definition) is 1. The van der Waals surface area contributed by atoms with Gasteiger partial charge in [0, 0.05) is 6.54 Å². The van der Waals surface area contributed by atoms with Gasteiger partial charge in [0.2, 0.25) is 0 Å². The van der Waals surface area contributed by atoms with Gasteiger partial charge in [-0.15, -0.1) is 0 Å². The summed E-state index contributed by atoms with van der Waals surface area (Å²) in [5.74, 6) is 0. The summed E-state index contributed by atoms with van der Waals surface area (Å²) in [4.78, 5) is 4.21. The predicted molar refractivity (Wildman–Crippen MR) is 78.4 cm³/mol. The molecule has 0 saturated heterocycles. The molecule has 1 aromatic heterocycles. The van der Waals surface area contributed by atoms with Crippen molar-refractivity contribution in [3.63, 3.8) is 0 Å². The van der Waals surface area contributed by atoms with Crippen LogP contribution in [-0.2, 0) is 12.7 Å². The Morgan fingerprint density at radius 3 is 2.52 bits per heavy atom. The average molecular weight is 308 g/mol. The van der Waals surface area contributed by atoms with Gasteiger partial charge >= 0.3 is 6.18 Å². The van der Waals surface area contributed by atoms with Gasteiger partial charge in [-0.1, -0.05) is 41.7 Å². The SMILES string of the molecule is FC(F)(F)c1ccc2sc(NCc3ccccc3)nc2c1. The van der Waals surface area contributed by atoms with Crippen LogP contribution < -0.4 is 5.32 Å². The molecule has 1 N–H and O–H groups in total. The Morgan fingerprint density at radius 2 is 1.81 bits per heavy atom. The van der Waals surface area contributed by atoms with E-state index in [1.807, 2.05) is 30.3 Å². The average Bonchev–Trinajstić information content (AvgIpc) is 2.87. The number of fused-ring (bicyclic) bond motifs is 1. The zero-order valence-corrected chi connectivity index (χ0v) is 11.6. The lowest BCUT2D eigenvalue weighted by atomic mass is 10.2. The molecule has 0 aliphatic rings. The van der Waals surface area contributed by atoms with Gasteiger partial charge in [0.05, 0.1) is 15.8 Å². The van der Waals surface area contributed by atoms with Gasteiger partial charge in [0.1, 0.15) is 0 Å². The number of halogens is 3. The third kappa shape index (κ3) is 3.16. The first-order chi connectivity index (χ1) is 10.0. The maximum atomic E-state index is 12.7. The molecule has 0 unspecified atom stereocenters. The highest BCUT2D eigenvalue weighted by Crippen LogP contribution is 2.34. The number of nitrogens with zero attached hydrogens (tertiary/aromatic N) is 1. The number of nitrogens with one attached hydrogen (secondary N) is 1. The standard InChI is InChI=1S/C15H11F3N2S/c16-15(17,18)11-6-7-13-12(8-11)20-14(21-13)19-9-10-4-2-1-3-5-10/h1-8H,9H2,(H,19,20). The maximum Gasteiger partial charge on any atom is 0.416 e. The number of thiazole rings is 1. The minimum Gasteiger partial charge on any atom is -0.357 e. The Kier molecular flexibility index (Phi) is 3.55. The zero-order chi connectivity index (χ0) is 14.9. The Bertz CT molecular complexity index is 750. The molecular weight excluding hydrogens is 297 g/mol. The molecule has 0 fully saturated rings. The van der Waals surface area contributed by atoms with Crippen LogP contribution in [0.25, 0.3) is 10.2 Å². The van der Waals surface area contributed by atoms with E-state index in [0.717, 1.165) is 22.4 Å². The molecule has 108 valence electrons. The van der Waals surface area contributed by atoms with Crippen molar-refractivity contribution in [1.29, 1.82) is 0 Å². The molecule has 0 spiro atoms. The fraction of sp³-hybridized carbons (Fsp3) is 0.133. The molecule has 21 heavy (non-hydrogen) atoms. The minimum absolute atomic E-state index is 0.366. The fourth-order valence-corrected chi connectivity index (χ4v) is 2.79. The molecule has 2 nitrogen and oxygen atoms in total. The van der Waals surface area contributed by atoms with E-state index in [1.54, 1.807) is 0 Å². The van der Waals surface area contributed by atoms with Crippen molar-refractivity contribution in [2.24, 2.45) is 0 Å². The molecule has 3 rings (SSSR count). The van der Waals surface area contributed by atoms with Gasteiger partial charge in [0.25, 0.3) is 0 Å². The summed E-state index contributed by atoms with van der Waals surface area (Å²) in [7, 11) is 0. The van der Waals surface area contributed by atoms with E-state index in [9.17, 15) is 13.2 Å². The molecule has 2 aromatic carbocycles. The summed E-state index contributed by atoms with van der Waals surface area (Å²) in [6.07, 6.45) is -4.34. The quantitative estimate of drug-likeness (QED) is 0.742. The molecule has 0 radical (unpaired) electrons. The Balaban J connectivity index is 1.81. The third-order valence-corrected chi connectivity index (χ3v) is 4.00. The minimum atomic E-state index is -4.34.